The second kappa shape index (κ2) is 13.5. The van der Waals surface area contributed by atoms with E-state index in [1.165, 1.54) is 4.90 Å². The number of sulfonamides is 1. The van der Waals surface area contributed by atoms with E-state index in [2.05, 4.69) is 5.32 Å². The van der Waals surface area contributed by atoms with Gasteiger partial charge in [0.25, 0.3) is 0 Å². The van der Waals surface area contributed by atoms with Gasteiger partial charge in [0.05, 0.1) is 22.0 Å². The molecular formula is C30H34Cl3N3O4S. The quantitative estimate of drug-likeness (QED) is 0.283. The van der Waals surface area contributed by atoms with E-state index in [1.807, 2.05) is 51.1 Å². The molecule has 0 aromatic heterocycles. The van der Waals surface area contributed by atoms with Gasteiger partial charge in [-0.15, -0.1) is 0 Å². The Morgan fingerprint density at radius 1 is 0.878 bits per heavy atom. The van der Waals surface area contributed by atoms with Crippen LogP contribution in [-0.4, -0.2) is 49.5 Å². The normalized spacial score (nSPS) is 12.5. The van der Waals surface area contributed by atoms with Gasteiger partial charge in [-0.2, -0.15) is 0 Å². The van der Waals surface area contributed by atoms with Gasteiger partial charge in [0, 0.05) is 23.5 Å². The molecule has 11 heteroatoms. The first kappa shape index (κ1) is 32.7. The number of hydrogen-bond acceptors (Lipinski definition) is 4. The van der Waals surface area contributed by atoms with Gasteiger partial charge in [-0.05, 0) is 68.7 Å². The van der Waals surface area contributed by atoms with Crippen LogP contribution in [0.1, 0.15) is 37.5 Å². The molecule has 2 amide bonds. The van der Waals surface area contributed by atoms with Gasteiger partial charge >= 0.3 is 0 Å². The average Bonchev–Trinajstić information content (AvgIpc) is 2.87. The molecule has 0 fully saturated rings. The number of anilines is 1. The van der Waals surface area contributed by atoms with Crippen LogP contribution in [0, 0.1) is 6.92 Å². The van der Waals surface area contributed by atoms with E-state index in [0.717, 1.165) is 16.1 Å². The number of halogens is 3. The first-order valence-corrected chi connectivity index (χ1v) is 15.9. The summed E-state index contributed by atoms with van der Waals surface area (Å²) in [6.07, 6.45) is 1.22. The van der Waals surface area contributed by atoms with Crippen LogP contribution in [-0.2, 0) is 32.6 Å². The smallest absolute Gasteiger partial charge is 0.244 e. The van der Waals surface area contributed by atoms with Crippen LogP contribution >= 0.6 is 34.8 Å². The predicted molar refractivity (Wildman–Crippen MR) is 167 cm³/mol. The Kier molecular flexibility index (Phi) is 10.7. The molecule has 0 saturated heterocycles. The maximum Gasteiger partial charge on any atom is 0.244 e. The number of nitrogens with one attached hydrogen (secondary N) is 1. The average molecular weight is 639 g/mol. The molecule has 3 aromatic carbocycles. The fourth-order valence-electron chi connectivity index (χ4n) is 4.30. The van der Waals surface area contributed by atoms with Crippen LogP contribution < -0.4 is 9.62 Å². The minimum absolute atomic E-state index is 0.0169. The van der Waals surface area contributed by atoms with Crippen LogP contribution in [0.15, 0.2) is 66.7 Å². The lowest BCUT2D eigenvalue weighted by Crippen LogP contribution is -2.56. The molecule has 0 bridgehead atoms. The third kappa shape index (κ3) is 9.10. The second-order valence-corrected chi connectivity index (χ2v) is 14.0. The van der Waals surface area contributed by atoms with Crippen molar-refractivity contribution in [2.24, 2.45) is 0 Å². The predicted octanol–water partition coefficient (Wildman–Crippen LogP) is 6.28. The molecule has 1 atom stereocenters. The van der Waals surface area contributed by atoms with Crippen molar-refractivity contribution < 1.29 is 18.0 Å². The minimum atomic E-state index is -3.92. The lowest BCUT2D eigenvalue weighted by Gasteiger charge is -2.35. The summed E-state index contributed by atoms with van der Waals surface area (Å²) in [4.78, 5) is 29.3. The van der Waals surface area contributed by atoms with Gasteiger partial charge in [0.2, 0.25) is 21.8 Å². The standard InChI is InChI=1S/C30H34Cl3N3O4S/c1-20-23(31)12-9-13-26(20)36(41(5,39)40)19-28(37)35(18-22-14-15-24(32)25(33)16-22)27(29(38)34-30(2,3)4)17-21-10-7-6-8-11-21/h6-16,27H,17-19H2,1-5H3,(H,34,38). The number of nitrogens with zero attached hydrogens (tertiary/aromatic N) is 2. The summed E-state index contributed by atoms with van der Waals surface area (Å²) in [5.74, 6) is -0.953. The highest BCUT2D eigenvalue weighted by Gasteiger charge is 2.34. The Bertz CT molecular complexity index is 1510. The van der Waals surface area contributed by atoms with Crippen molar-refractivity contribution in [2.45, 2.75) is 52.2 Å². The summed E-state index contributed by atoms with van der Waals surface area (Å²) < 4.78 is 27.0. The molecule has 3 rings (SSSR count). The SMILES string of the molecule is Cc1c(Cl)cccc1N(CC(=O)N(Cc1ccc(Cl)c(Cl)c1)C(Cc1ccccc1)C(=O)NC(C)(C)C)S(C)(=O)=O. The first-order chi connectivity index (χ1) is 19.1. The molecule has 3 aromatic rings. The Hall–Kier alpha value is -2.78. The van der Waals surface area contributed by atoms with Crippen LogP contribution in [0.3, 0.4) is 0 Å². The number of carbonyl (C=O) groups is 2. The zero-order chi connectivity index (χ0) is 30.5. The van der Waals surface area contributed by atoms with Gasteiger partial charge in [-0.1, -0.05) is 77.3 Å². The van der Waals surface area contributed by atoms with Gasteiger partial charge in [0.1, 0.15) is 12.6 Å². The second-order valence-electron chi connectivity index (χ2n) is 10.9. The monoisotopic (exact) mass is 637 g/mol. The van der Waals surface area contributed by atoms with E-state index >= 15 is 0 Å². The van der Waals surface area contributed by atoms with Gasteiger partial charge in [-0.3, -0.25) is 13.9 Å². The highest BCUT2D eigenvalue weighted by Crippen LogP contribution is 2.29. The Morgan fingerprint density at radius 3 is 2.12 bits per heavy atom. The van der Waals surface area contributed by atoms with Crippen molar-refractivity contribution >= 4 is 62.3 Å². The summed E-state index contributed by atoms with van der Waals surface area (Å²) in [7, 11) is -3.92. The molecule has 0 aliphatic heterocycles. The van der Waals surface area contributed by atoms with Crippen LogP contribution in [0.5, 0.6) is 0 Å². The van der Waals surface area contributed by atoms with Crippen molar-refractivity contribution in [1.29, 1.82) is 0 Å². The first-order valence-electron chi connectivity index (χ1n) is 12.9. The van der Waals surface area contributed by atoms with Crippen molar-refractivity contribution in [3.05, 3.63) is 98.5 Å². The number of benzene rings is 3. The molecule has 41 heavy (non-hydrogen) atoms. The highest BCUT2D eigenvalue weighted by molar-refractivity contribution is 7.92. The van der Waals surface area contributed by atoms with E-state index < -0.39 is 34.1 Å². The molecule has 220 valence electrons. The van der Waals surface area contributed by atoms with Gasteiger partial charge in [0.15, 0.2) is 0 Å². The van der Waals surface area contributed by atoms with Crippen molar-refractivity contribution in [1.82, 2.24) is 10.2 Å². The molecule has 0 heterocycles. The molecule has 1 N–H and O–H groups in total. The number of rotatable bonds is 10. The zero-order valence-electron chi connectivity index (χ0n) is 23.6. The van der Waals surface area contributed by atoms with Crippen LogP contribution in [0.2, 0.25) is 15.1 Å². The summed E-state index contributed by atoms with van der Waals surface area (Å²) >= 11 is 18.7. The molecule has 0 radical (unpaired) electrons. The largest absolute Gasteiger partial charge is 0.350 e. The van der Waals surface area contributed by atoms with Crippen LogP contribution in [0.4, 0.5) is 5.69 Å². The summed E-state index contributed by atoms with van der Waals surface area (Å²) in [6, 6.07) is 18.2. The maximum atomic E-state index is 14.2. The lowest BCUT2D eigenvalue weighted by molar-refractivity contribution is -0.140. The fraction of sp³-hybridized carbons (Fsp3) is 0.333. The van der Waals surface area contributed by atoms with Crippen LogP contribution in [0.25, 0.3) is 0 Å². The fourth-order valence-corrected chi connectivity index (χ4v) is 5.69. The van der Waals surface area contributed by atoms with E-state index in [0.29, 0.717) is 26.2 Å². The molecular weight excluding hydrogens is 605 g/mol. The molecule has 0 spiro atoms. The van der Waals surface area contributed by atoms with E-state index in [4.69, 9.17) is 34.8 Å². The number of carbonyl (C=O) groups excluding carboxylic acids is 2. The third-order valence-corrected chi connectivity index (χ3v) is 8.57. The molecule has 0 aliphatic rings. The molecule has 0 aliphatic carbocycles. The van der Waals surface area contributed by atoms with Crippen molar-refractivity contribution in [2.75, 3.05) is 17.1 Å². The summed E-state index contributed by atoms with van der Waals surface area (Å²) in [6.45, 7) is 6.67. The topological polar surface area (TPSA) is 86.8 Å². The number of hydrogen-bond donors (Lipinski definition) is 1. The summed E-state index contributed by atoms with van der Waals surface area (Å²) in [5, 5.41) is 3.99. The highest BCUT2D eigenvalue weighted by atomic mass is 35.5. The Morgan fingerprint density at radius 2 is 1.54 bits per heavy atom. The lowest BCUT2D eigenvalue weighted by atomic mass is 10.0. The van der Waals surface area contributed by atoms with Gasteiger partial charge < -0.3 is 10.2 Å². The zero-order valence-corrected chi connectivity index (χ0v) is 26.7. The third-order valence-electron chi connectivity index (χ3n) is 6.29. The van der Waals surface area contributed by atoms with Crippen molar-refractivity contribution in [3.8, 4) is 0 Å². The van der Waals surface area contributed by atoms with E-state index in [-0.39, 0.29) is 24.6 Å². The minimum Gasteiger partial charge on any atom is -0.350 e. The summed E-state index contributed by atoms with van der Waals surface area (Å²) in [5.41, 5.74) is 1.66. The number of amides is 2. The molecule has 7 nitrogen and oxygen atoms in total. The molecule has 1 unspecified atom stereocenters. The van der Waals surface area contributed by atoms with Crippen molar-refractivity contribution in [3.63, 3.8) is 0 Å². The molecule has 0 saturated carbocycles. The van der Waals surface area contributed by atoms with Gasteiger partial charge in [-0.25, -0.2) is 8.42 Å². The van der Waals surface area contributed by atoms with E-state index in [1.54, 1.807) is 43.3 Å². The Labute approximate surface area is 257 Å². The Balaban J connectivity index is 2.12. The maximum absolute atomic E-state index is 14.2. The van der Waals surface area contributed by atoms with E-state index in [9.17, 15) is 18.0 Å².